The summed E-state index contributed by atoms with van der Waals surface area (Å²) < 4.78 is 69.6. The fraction of sp³-hybridized carbons (Fsp3) is 0.423. The molecule has 0 bridgehead atoms. The molecular formula is C26H28F3N3O2S. The Kier molecular flexibility index (Phi) is 6.49. The van der Waals surface area contributed by atoms with Crippen LogP contribution < -0.4 is 4.72 Å². The number of fused-ring (bicyclic) bond motifs is 1. The van der Waals surface area contributed by atoms with Crippen LogP contribution in [0.1, 0.15) is 50.3 Å². The lowest BCUT2D eigenvalue weighted by Gasteiger charge is -2.20. The van der Waals surface area contributed by atoms with E-state index in [1.807, 2.05) is 18.3 Å². The Morgan fingerprint density at radius 1 is 1.14 bits per heavy atom. The standard InChI is InChI=1S/C26H28F3N3O2S/c1-25(2,3)16-32-15-18(11-12-31-35(33,34)19-8-9-19)21-10-7-17(13-24(21)32)20-5-4-6-23(22(20)14-30)26(27,28)29/h4-7,10,13,15,19,31H,8-9,11-12,16H2,1-3H3. The highest BCUT2D eigenvalue weighted by atomic mass is 32.2. The maximum atomic E-state index is 13.5. The number of hydrogen-bond donors (Lipinski definition) is 1. The summed E-state index contributed by atoms with van der Waals surface area (Å²) in [5, 5.41) is 10.2. The first-order valence-electron chi connectivity index (χ1n) is 11.5. The Balaban J connectivity index is 1.75. The van der Waals surface area contributed by atoms with Gasteiger partial charge in [-0.3, -0.25) is 0 Å². The van der Waals surface area contributed by atoms with E-state index in [0.29, 0.717) is 31.4 Å². The van der Waals surface area contributed by atoms with Crippen LogP contribution in [-0.2, 0) is 29.2 Å². The molecule has 4 rings (SSSR count). The number of hydrogen-bond acceptors (Lipinski definition) is 3. The second-order valence-electron chi connectivity index (χ2n) is 10.3. The number of sulfonamides is 1. The number of aromatic nitrogens is 1. The number of nitrogens with zero attached hydrogens (tertiary/aromatic N) is 2. The van der Waals surface area contributed by atoms with Crippen LogP contribution in [0.5, 0.6) is 0 Å². The summed E-state index contributed by atoms with van der Waals surface area (Å²) in [6.07, 6.45) is -0.751. The Morgan fingerprint density at radius 2 is 1.86 bits per heavy atom. The van der Waals surface area contributed by atoms with E-state index in [4.69, 9.17) is 0 Å². The van der Waals surface area contributed by atoms with Crippen molar-refractivity contribution in [1.29, 1.82) is 5.26 Å². The predicted molar refractivity (Wildman–Crippen MR) is 130 cm³/mol. The van der Waals surface area contributed by atoms with E-state index < -0.39 is 27.3 Å². The molecule has 186 valence electrons. The van der Waals surface area contributed by atoms with Crippen LogP contribution in [0.25, 0.3) is 22.0 Å². The number of alkyl halides is 3. The summed E-state index contributed by atoms with van der Waals surface area (Å²) in [5.74, 6) is 0. The van der Waals surface area contributed by atoms with Crippen LogP contribution in [-0.4, -0.2) is 24.8 Å². The van der Waals surface area contributed by atoms with Crippen LogP contribution in [0.4, 0.5) is 13.2 Å². The Bertz CT molecular complexity index is 1410. The van der Waals surface area contributed by atoms with Gasteiger partial charge in [0.2, 0.25) is 10.0 Å². The molecule has 5 nitrogen and oxygen atoms in total. The van der Waals surface area contributed by atoms with Gasteiger partial charge in [0, 0.05) is 35.8 Å². The lowest BCUT2D eigenvalue weighted by Crippen LogP contribution is -2.29. The minimum atomic E-state index is -4.63. The van der Waals surface area contributed by atoms with Gasteiger partial charge in [0.25, 0.3) is 0 Å². The van der Waals surface area contributed by atoms with Gasteiger partial charge in [-0.25, -0.2) is 13.1 Å². The predicted octanol–water partition coefficient (Wildman–Crippen LogP) is 5.87. The molecule has 0 aliphatic heterocycles. The number of nitrogens with one attached hydrogen (secondary N) is 1. The van der Waals surface area contributed by atoms with Gasteiger partial charge in [0.15, 0.2) is 0 Å². The molecule has 1 N–H and O–H groups in total. The minimum absolute atomic E-state index is 0.0686. The fourth-order valence-corrected chi connectivity index (χ4v) is 5.73. The normalized spacial score (nSPS) is 14.9. The largest absolute Gasteiger partial charge is 0.417 e. The summed E-state index contributed by atoms with van der Waals surface area (Å²) in [5.41, 5.74) is 1.12. The van der Waals surface area contributed by atoms with Crippen molar-refractivity contribution in [2.45, 2.75) is 58.0 Å². The summed E-state index contributed by atoms with van der Waals surface area (Å²) in [6.45, 7) is 7.21. The molecule has 1 aliphatic carbocycles. The third kappa shape index (κ3) is 5.54. The quantitative estimate of drug-likeness (QED) is 0.438. The third-order valence-electron chi connectivity index (χ3n) is 6.06. The van der Waals surface area contributed by atoms with E-state index in [1.165, 1.54) is 12.1 Å². The van der Waals surface area contributed by atoms with E-state index in [9.17, 15) is 26.9 Å². The van der Waals surface area contributed by atoms with Gasteiger partial charge in [0.1, 0.15) is 6.07 Å². The number of halogens is 3. The molecule has 9 heteroatoms. The first-order valence-corrected chi connectivity index (χ1v) is 13.1. The average molecular weight is 504 g/mol. The number of benzene rings is 2. The third-order valence-corrected chi connectivity index (χ3v) is 8.02. The van der Waals surface area contributed by atoms with Crippen molar-refractivity contribution in [3.05, 3.63) is 59.3 Å². The van der Waals surface area contributed by atoms with Gasteiger partial charge < -0.3 is 4.57 Å². The maximum Gasteiger partial charge on any atom is 0.417 e. The van der Waals surface area contributed by atoms with E-state index in [-0.39, 0.29) is 22.8 Å². The molecular weight excluding hydrogens is 475 g/mol. The lowest BCUT2D eigenvalue weighted by molar-refractivity contribution is -0.137. The van der Waals surface area contributed by atoms with Crippen LogP contribution in [0, 0.1) is 16.7 Å². The van der Waals surface area contributed by atoms with Crippen molar-refractivity contribution in [2.24, 2.45) is 5.41 Å². The molecule has 1 aliphatic rings. The Labute approximate surface area is 203 Å². The van der Waals surface area contributed by atoms with Crippen LogP contribution >= 0.6 is 0 Å². The molecule has 2 aromatic carbocycles. The van der Waals surface area contributed by atoms with E-state index >= 15 is 0 Å². The van der Waals surface area contributed by atoms with E-state index in [2.05, 4.69) is 30.1 Å². The van der Waals surface area contributed by atoms with Crippen LogP contribution in [0.15, 0.2) is 42.6 Å². The number of nitriles is 1. The van der Waals surface area contributed by atoms with Crippen LogP contribution in [0.2, 0.25) is 0 Å². The Hall–Kier alpha value is -2.83. The van der Waals surface area contributed by atoms with Gasteiger partial charge in [-0.15, -0.1) is 0 Å². The second kappa shape index (κ2) is 8.99. The monoisotopic (exact) mass is 503 g/mol. The molecule has 0 amide bonds. The molecule has 1 saturated carbocycles. The summed E-state index contributed by atoms with van der Waals surface area (Å²) in [7, 11) is -3.28. The van der Waals surface area contributed by atoms with Crippen molar-refractivity contribution in [2.75, 3.05) is 6.54 Å². The van der Waals surface area contributed by atoms with Crippen molar-refractivity contribution in [3.8, 4) is 17.2 Å². The maximum absolute atomic E-state index is 13.5. The van der Waals surface area contributed by atoms with Gasteiger partial charge >= 0.3 is 6.18 Å². The van der Waals surface area contributed by atoms with Crippen LogP contribution in [0.3, 0.4) is 0 Å². The van der Waals surface area contributed by atoms with Crippen molar-refractivity contribution in [3.63, 3.8) is 0 Å². The van der Waals surface area contributed by atoms with Crippen molar-refractivity contribution < 1.29 is 21.6 Å². The second-order valence-corrected chi connectivity index (χ2v) is 12.3. The highest BCUT2D eigenvalue weighted by molar-refractivity contribution is 7.90. The summed E-state index contributed by atoms with van der Waals surface area (Å²) >= 11 is 0. The SMILES string of the molecule is CC(C)(C)Cn1cc(CCNS(=O)(=O)C2CC2)c2ccc(-c3cccc(C(F)(F)F)c3C#N)cc21. The van der Waals surface area contributed by atoms with E-state index in [1.54, 1.807) is 12.1 Å². The molecule has 0 saturated heterocycles. The summed E-state index contributed by atoms with van der Waals surface area (Å²) in [4.78, 5) is 0. The molecule has 1 fully saturated rings. The zero-order chi connectivity index (χ0) is 25.6. The highest BCUT2D eigenvalue weighted by Crippen LogP contribution is 2.38. The van der Waals surface area contributed by atoms with Gasteiger partial charge in [0.05, 0.1) is 16.4 Å². The molecule has 0 spiro atoms. The smallest absolute Gasteiger partial charge is 0.347 e. The fourth-order valence-electron chi connectivity index (χ4n) is 4.35. The van der Waals surface area contributed by atoms with Gasteiger partial charge in [-0.1, -0.05) is 45.0 Å². The highest BCUT2D eigenvalue weighted by Gasteiger charge is 2.35. The number of rotatable bonds is 7. The Morgan fingerprint density at radius 3 is 2.46 bits per heavy atom. The zero-order valence-electron chi connectivity index (χ0n) is 19.9. The van der Waals surface area contributed by atoms with Crippen molar-refractivity contribution in [1.82, 2.24) is 9.29 Å². The molecule has 0 unspecified atom stereocenters. The molecule has 1 heterocycles. The van der Waals surface area contributed by atoms with Gasteiger partial charge in [-0.05, 0) is 47.9 Å². The molecule has 3 aromatic rings. The van der Waals surface area contributed by atoms with Crippen molar-refractivity contribution >= 4 is 20.9 Å². The molecule has 0 atom stereocenters. The summed E-state index contributed by atoms with van der Waals surface area (Å²) in [6, 6.07) is 10.9. The van der Waals surface area contributed by atoms with Gasteiger partial charge in [-0.2, -0.15) is 18.4 Å². The first kappa shape index (κ1) is 25.3. The average Bonchev–Trinajstić information content (AvgIpc) is 3.57. The first-order chi connectivity index (χ1) is 16.3. The minimum Gasteiger partial charge on any atom is -0.347 e. The topological polar surface area (TPSA) is 74.9 Å². The molecule has 35 heavy (non-hydrogen) atoms. The zero-order valence-corrected chi connectivity index (χ0v) is 20.7. The van der Waals surface area contributed by atoms with E-state index in [0.717, 1.165) is 22.5 Å². The lowest BCUT2D eigenvalue weighted by atomic mass is 9.94. The molecule has 0 radical (unpaired) electrons. The molecule has 1 aromatic heterocycles.